The van der Waals surface area contributed by atoms with Crippen molar-refractivity contribution < 1.29 is 0 Å². The van der Waals surface area contributed by atoms with E-state index in [1.54, 1.807) is 0 Å². The summed E-state index contributed by atoms with van der Waals surface area (Å²) in [5.74, 6) is 0.522. The maximum absolute atomic E-state index is 2.44. The van der Waals surface area contributed by atoms with E-state index in [1.165, 1.54) is 33.4 Å². The van der Waals surface area contributed by atoms with Gasteiger partial charge in [-0.25, -0.2) is 0 Å². The van der Waals surface area contributed by atoms with Crippen molar-refractivity contribution in [3.63, 3.8) is 0 Å². The van der Waals surface area contributed by atoms with Gasteiger partial charge in [-0.05, 0) is 94.0 Å². The Morgan fingerprint density at radius 1 is 0.525 bits per heavy atom. The largest absolute Gasteiger partial charge is 0.311 e. The van der Waals surface area contributed by atoms with Gasteiger partial charge in [0, 0.05) is 17.1 Å². The van der Waals surface area contributed by atoms with Gasteiger partial charge in [0.05, 0.1) is 0 Å². The average Bonchev–Trinajstić information content (AvgIpc) is 2.99. The molecule has 1 nitrogen and oxygen atoms in total. The molecule has 0 aliphatic carbocycles. The van der Waals surface area contributed by atoms with Crippen LogP contribution in [-0.4, -0.2) is 0 Å². The van der Waals surface area contributed by atoms with E-state index in [-0.39, 0.29) is 5.41 Å². The van der Waals surface area contributed by atoms with Gasteiger partial charge in [-0.3, -0.25) is 0 Å². The summed E-state index contributed by atoms with van der Waals surface area (Å²) in [7, 11) is 0. The van der Waals surface area contributed by atoms with Gasteiger partial charge in [0.15, 0.2) is 0 Å². The Bertz CT molecular complexity index is 1470. The lowest BCUT2D eigenvalue weighted by atomic mass is 9.84. The van der Waals surface area contributed by atoms with E-state index in [9.17, 15) is 0 Å². The number of nitrogens with zero attached hydrogens (tertiary/aromatic N) is 1. The molecule has 0 spiro atoms. The molecule has 0 aliphatic rings. The molecular weight excluding hydrogens is 482 g/mol. The molecule has 0 bridgehead atoms. The van der Waals surface area contributed by atoms with E-state index < -0.39 is 0 Å². The first-order valence-electron chi connectivity index (χ1n) is 14.6. The van der Waals surface area contributed by atoms with Crippen LogP contribution in [0.5, 0.6) is 0 Å². The van der Waals surface area contributed by atoms with Crippen LogP contribution in [-0.2, 0) is 5.41 Å². The Morgan fingerprint density at radius 3 is 1.50 bits per heavy atom. The highest BCUT2D eigenvalue weighted by Gasteiger charge is 2.18. The first-order valence-corrected chi connectivity index (χ1v) is 14.6. The fourth-order valence-corrected chi connectivity index (χ4v) is 5.63. The molecule has 0 N–H and O–H groups in total. The molecule has 0 atom stereocenters. The third-order valence-electron chi connectivity index (χ3n) is 8.03. The van der Waals surface area contributed by atoms with Crippen molar-refractivity contribution in [2.24, 2.45) is 0 Å². The van der Waals surface area contributed by atoms with Crippen LogP contribution in [0.4, 0.5) is 17.1 Å². The maximum atomic E-state index is 2.44. The minimum atomic E-state index is 0.159. The van der Waals surface area contributed by atoms with Crippen molar-refractivity contribution in [2.45, 2.75) is 58.8 Å². The zero-order valence-electron chi connectivity index (χ0n) is 24.6. The van der Waals surface area contributed by atoms with Crippen molar-refractivity contribution in [3.05, 3.63) is 139 Å². The van der Waals surface area contributed by atoms with Gasteiger partial charge in [-0.2, -0.15) is 0 Å². The Labute approximate surface area is 241 Å². The Balaban J connectivity index is 1.53. The van der Waals surface area contributed by atoms with Gasteiger partial charge in [0.1, 0.15) is 0 Å². The summed E-state index contributed by atoms with van der Waals surface area (Å²) in [6, 6.07) is 46.5. The molecule has 5 aromatic carbocycles. The average molecular weight is 524 g/mol. The van der Waals surface area contributed by atoms with Gasteiger partial charge >= 0.3 is 0 Å². The number of rotatable bonds is 8. The molecular formula is C39H41N. The van der Waals surface area contributed by atoms with E-state index >= 15 is 0 Å². The van der Waals surface area contributed by atoms with Crippen molar-refractivity contribution in [1.82, 2.24) is 0 Å². The lowest BCUT2D eigenvalue weighted by Crippen LogP contribution is -2.10. The predicted octanol–water partition coefficient (Wildman–Crippen LogP) is 11.7. The zero-order chi connectivity index (χ0) is 28.1. The highest BCUT2D eigenvalue weighted by Crippen LogP contribution is 2.39. The van der Waals surface area contributed by atoms with Crippen LogP contribution in [0.25, 0.3) is 22.3 Å². The van der Waals surface area contributed by atoms with Gasteiger partial charge in [-0.1, -0.05) is 126 Å². The molecule has 0 fully saturated rings. The van der Waals surface area contributed by atoms with Crippen LogP contribution < -0.4 is 4.90 Å². The molecule has 5 aromatic rings. The number of para-hydroxylation sites is 2. The van der Waals surface area contributed by atoms with Crippen LogP contribution in [0.1, 0.15) is 64.5 Å². The van der Waals surface area contributed by atoms with Crippen LogP contribution in [0, 0.1) is 0 Å². The Hall–Kier alpha value is -4.10. The summed E-state index contributed by atoms with van der Waals surface area (Å²) < 4.78 is 0. The molecule has 5 rings (SSSR count). The van der Waals surface area contributed by atoms with Crippen LogP contribution in [0.3, 0.4) is 0 Å². The molecule has 0 saturated heterocycles. The molecule has 0 aliphatic heterocycles. The van der Waals surface area contributed by atoms with Crippen molar-refractivity contribution >= 4 is 17.1 Å². The maximum Gasteiger partial charge on any atom is 0.0462 e. The highest BCUT2D eigenvalue weighted by atomic mass is 15.1. The van der Waals surface area contributed by atoms with E-state index in [2.05, 4.69) is 167 Å². The fraction of sp³-hybridized carbons (Fsp3) is 0.231. The summed E-state index contributed by atoms with van der Waals surface area (Å²) in [6.07, 6.45) is 2.26. The van der Waals surface area contributed by atoms with Gasteiger partial charge in [0.25, 0.3) is 0 Å². The molecule has 202 valence electrons. The minimum absolute atomic E-state index is 0.159. The van der Waals surface area contributed by atoms with Crippen molar-refractivity contribution in [1.29, 1.82) is 0 Å². The first kappa shape index (κ1) is 27.5. The minimum Gasteiger partial charge on any atom is -0.311 e. The molecule has 0 radical (unpaired) electrons. The number of anilines is 3. The molecule has 0 heterocycles. The highest BCUT2D eigenvalue weighted by molar-refractivity contribution is 5.80. The number of hydrogen-bond donors (Lipinski definition) is 0. The lowest BCUT2D eigenvalue weighted by molar-refractivity contribution is 0.590. The van der Waals surface area contributed by atoms with Crippen molar-refractivity contribution in [2.75, 3.05) is 4.90 Å². The monoisotopic (exact) mass is 523 g/mol. The number of hydrogen-bond acceptors (Lipinski definition) is 1. The molecule has 0 amide bonds. The van der Waals surface area contributed by atoms with Crippen LogP contribution >= 0.6 is 0 Å². The summed E-state index contributed by atoms with van der Waals surface area (Å²) in [5.41, 5.74) is 11.6. The van der Waals surface area contributed by atoms with Crippen molar-refractivity contribution in [3.8, 4) is 22.3 Å². The van der Waals surface area contributed by atoms with Crippen LogP contribution in [0.15, 0.2) is 127 Å². The first-order chi connectivity index (χ1) is 19.4. The van der Waals surface area contributed by atoms with E-state index in [4.69, 9.17) is 0 Å². The Kier molecular flexibility index (Phi) is 8.21. The van der Waals surface area contributed by atoms with Gasteiger partial charge in [-0.15, -0.1) is 0 Å². The molecule has 0 saturated carbocycles. The van der Waals surface area contributed by atoms with E-state index in [1.807, 2.05) is 0 Å². The summed E-state index contributed by atoms with van der Waals surface area (Å²) >= 11 is 0. The standard InChI is InChI=1S/C39H41N/c1-6-29(7-2)38-28-32(30-18-23-33(24-19-30)39(3,4)5)22-27-37(38)31-20-25-36(26-21-31)40(34-14-10-8-11-15-34)35-16-12-9-13-17-35/h8-29H,6-7H2,1-5H3. The summed E-state index contributed by atoms with van der Waals surface area (Å²) in [5, 5.41) is 0. The third kappa shape index (κ3) is 5.89. The smallest absolute Gasteiger partial charge is 0.0462 e. The molecule has 40 heavy (non-hydrogen) atoms. The predicted molar refractivity (Wildman–Crippen MR) is 174 cm³/mol. The number of benzene rings is 5. The zero-order valence-corrected chi connectivity index (χ0v) is 24.6. The second-order valence-electron chi connectivity index (χ2n) is 11.7. The Morgan fingerprint density at radius 2 is 1.00 bits per heavy atom. The topological polar surface area (TPSA) is 3.24 Å². The third-order valence-corrected chi connectivity index (χ3v) is 8.03. The summed E-state index contributed by atoms with van der Waals surface area (Å²) in [4.78, 5) is 2.32. The van der Waals surface area contributed by atoms with E-state index in [0.717, 1.165) is 29.9 Å². The molecule has 0 aromatic heterocycles. The van der Waals surface area contributed by atoms with Gasteiger partial charge in [0.2, 0.25) is 0 Å². The summed E-state index contributed by atoms with van der Waals surface area (Å²) in [6.45, 7) is 11.4. The molecule has 0 unspecified atom stereocenters. The molecule has 1 heteroatoms. The second kappa shape index (κ2) is 12.0. The lowest BCUT2D eigenvalue weighted by Gasteiger charge is -2.26. The quantitative estimate of drug-likeness (QED) is 0.195. The van der Waals surface area contributed by atoms with E-state index in [0.29, 0.717) is 5.92 Å². The fourth-order valence-electron chi connectivity index (χ4n) is 5.63. The van der Waals surface area contributed by atoms with Crippen LogP contribution in [0.2, 0.25) is 0 Å². The van der Waals surface area contributed by atoms with Gasteiger partial charge < -0.3 is 4.90 Å². The second-order valence-corrected chi connectivity index (χ2v) is 11.7. The normalized spacial score (nSPS) is 11.6. The SMILES string of the molecule is CCC(CC)c1cc(-c2ccc(C(C)(C)C)cc2)ccc1-c1ccc(N(c2ccccc2)c2ccccc2)cc1.